The van der Waals surface area contributed by atoms with Crippen LogP contribution in [0.25, 0.3) is 0 Å². The van der Waals surface area contributed by atoms with E-state index >= 15 is 0 Å². The van der Waals surface area contributed by atoms with Gasteiger partial charge in [-0.1, -0.05) is 0 Å². The van der Waals surface area contributed by atoms with Gasteiger partial charge >= 0.3 is 94.0 Å². The second kappa shape index (κ2) is 20.0. The first-order valence-corrected chi connectivity index (χ1v) is 23.0. The van der Waals surface area contributed by atoms with E-state index in [2.05, 4.69) is 52.6 Å². The molecule has 0 fully saturated rings. The average molecular weight is 627 g/mol. The molecule has 2 aromatic rings. The number of hydrogen-bond donors (Lipinski definition) is 3. The summed E-state index contributed by atoms with van der Waals surface area (Å²) in [5, 5.41) is 10.2. The zero-order chi connectivity index (χ0) is 25.9. The molecule has 5 nitrogen and oxygen atoms in total. The van der Waals surface area contributed by atoms with Gasteiger partial charge in [-0.3, -0.25) is 0 Å². The monoisotopic (exact) mass is 627 g/mol. The third-order valence-corrected chi connectivity index (χ3v) is 22.9. The number of ether oxygens (including phenoxy) is 2. The molecule has 0 spiro atoms. The van der Waals surface area contributed by atoms with E-state index < -0.39 is 18.4 Å². The van der Waals surface area contributed by atoms with E-state index in [0.29, 0.717) is 18.3 Å². The second-order valence-corrected chi connectivity index (χ2v) is 24.0. The summed E-state index contributed by atoms with van der Waals surface area (Å²) in [6, 6.07) is 15.3. The molecular weight excluding hydrogens is 581 g/mol. The van der Waals surface area contributed by atoms with Crippen molar-refractivity contribution in [2.75, 3.05) is 42.7 Å². The number of benzene rings is 2. The van der Waals surface area contributed by atoms with Crippen LogP contribution in [0.5, 0.6) is 11.5 Å². The van der Waals surface area contributed by atoms with Gasteiger partial charge in [0.15, 0.2) is 5.11 Å². The van der Waals surface area contributed by atoms with Crippen LogP contribution in [-0.4, -0.2) is 55.5 Å². The summed E-state index contributed by atoms with van der Waals surface area (Å²) in [5.41, 5.74) is 1.82. The molecule has 35 heavy (non-hydrogen) atoms. The summed E-state index contributed by atoms with van der Waals surface area (Å²) in [4.78, 5) is 0. The maximum absolute atomic E-state index is 5.40. The Morgan fingerprint density at radius 3 is 1.71 bits per heavy atom. The van der Waals surface area contributed by atoms with Crippen molar-refractivity contribution in [3.8, 4) is 11.5 Å². The van der Waals surface area contributed by atoms with Crippen LogP contribution >= 0.6 is 21.2 Å². The van der Waals surface area contributed by atoms with Crippen molar-refractivity contribution in [2.45, 2.75) is 50.4 Å². The van der Waals surface area contributed by atoms with Gasteiger partial charge in [-0.25, -0.2) is 0 Å². The summed E-state index contributed by atoms with van der Waals surface area (Å²) in [6.07, 6.45) is 0. The fourth-order valence-electron chi connectivity index (χ4n) is 3.41. The third kappa shape index (κ3) is 14.9. The smallest absolute Gasteiger partial charge is 0.175 e. The molecule has 2 atom stereocenters. The Hall–Kier alpha value is -1.16. The van der Waals surface area contributed by atoms with Gasteiger partial charge in [-0.15, -0.1) is 0 Å². The van der Waals surface area contributed by atoms with Gasteiger partial charge in [0.1, 0.15) is 11.5 Å². The van der Waals surface area contributed by atoms with Crippen molar-refractivity contribution in [1.29, 1.82) is 0 Å². The fourth-order valence-corrected chi connectivity index (χ4v) is 17.9. The Balaban J connectivity index is 0.000000405. The van der Waals surface area contributed by atoms with Crippen LogP contribution < -0.4 is 25.4 Å². The van der Waals surface area contributed by atoms with Gasteiger partial charge in [0.2, 0.25) is 0 Å². The molecule has 0 heterocycles. The molecule has 0 saturated carbocycles. The van der Waals surface area contributed by atoms with Crippen LogP contribution in [0.15, 0.2) is 48.5 Å². The average Bonchev–Trinajstić information content (AvgIpc) is 2.85. The maximum Gasteiger partial charge on any atom is 0.175 e. The molecule has 0 aliphatic carbocycles. The Labute approximate surface area is 228 Å². The topological polar surface area (TPSA) is 54.5 Å². The molecule has 2 aromatic carbocycles. The minimum Gasteiger partial charge on any atom is -0.494 e. The van der Waals surface area contributed by atoms with Crippen LogP contribution in [0.1, 0.15) is 41.5 Å². The first-order valence-electron chi connectivity index (χ1n) is 12.8. The van der Waals surface area contributed by atoms with Crippen molar-refractivity contribution in [3.05, 3.63) is 48.5 Å². The molecule has 0 aliphatic heterocycles. The number of nitrogens with one attached hydrogen (secondary N) is 3. The van der Waals surface area contributed by atoms with E-state index in [1.807, 2.05) is 62.4 Å². The molecule has 8 heteroatoms. The van der Waals surface area contributed by atoms with Gasteiger partial charge in [0.25, 0.3) is 0 Å². The standard InChI is InChI=1S/C17H20N2O2S.C6H14N.C2H6S.C2H5.Sn.H/c1-3-20-15-9-5-13(6-10-15)18-17(22)19-14-7-11-16(12-8-14)21-4-2;1-4-7-5-6(2)3;1-2-3;1-2;;/h5-12H,3-4H2,1-2H3,(H2,18,19,22);6-7H,2,4-5H2,1,3H3;3H,2H2,1H3;1H2,2H3;;/q;;;;+1;/p-1. The summed E-state index contributed by atoms with van der Waals surface area (Å²) >= 11 is 4.19. The molecule has 0 aliphatic rings. The summed E-state index contributed by atoms with van der Waals surface area (Å²) < 4.78 is 13.9. The number of rotatable bonds is 14. The molecule has 0 aromatic heterocycles. The van der Waals surface area contributed by atoms with Gasteiger partial charge < -0.3 is 20.1 Å². The number of thiocarbonyl (C=S) groups is 1. The molecule has 0 saturated heterocycles. The van der Waals surface area contributed by atoms with Crippen molar-refractivity contribution in [1.82, 2.24) is 5.32 Å². The van der Waals surface area contributed by atoms with Crippen LogP contribution in [0.3, 0.4) is 0 Å². The van der Waals surface area contributed by atoms with Crippen LogP contribution in [0.4, 0.5) is 11.4 Å². The first kappa shape index (κ1) is 31.9. The van der Waals surface area contributed by atoms with Crippen LogP contribution in [-0.2, 0) is 0 Å². The number of anilines is 2. The third-order valence-electron chi connectivity index (χ3n) is 5.11. The van der Waals surface area contributed by atoms with Crippen LogP contribution in [0, 0.1) is 5.92 Å². The molecule has 0 radical (unpaired) electrons. The molecule has 0 bridgehead atoms. The van der Waals surface area contributed by atoms with E-state index in [4.69, 9.17) is 21.7 Å². The molecule has 196 valence electrons. The second-order valence-electron chi connectivity index (χ2n) is 8.13. The van der Waals surface area contributed by atoms with E-state index in [0.717, 1.165) is 35.3 Å². The maximum atomic E-state index is 5.40. The van der Waals surface area contributed by atoms with Gasteiger partial charge in [0.05, 0.1) is 13.2 Å². The summed E-state index contributed by atoms with van der Waals surface area (Å²) in [7, 11) is 2.32. The minimum absolute atomic E-state index is 0.535. The quantitative estimate of drug-likeness (QED) is 0.154. The van der Waals surface area contributed by atoms with E-state index in [1.165, 1.54) is 16.7 Å². The van der Waals surface area contributed by atoms with E-state index in [1.54, 1.807) is 4.44 Å². The molecule has 2 rings (SSSR count). The summed E-state index contributed by atoms with van der Waals surface area (Å²) in [6.45, 7) is 16.9. The molecule has 2 unspecified atom stereocenters. The molecular formula is C27H45N3O2S2Sn. The molecule has 0 amide bonds. The zero-order valence-electron chi connectivity index (χ0n) is 22.4. The van der Waals surface area contributed by atoms with Gasteiger partial charge in [-0.2, -0.15) is 0 Å². The summed E-state index contributed by atoms with van der Waals surface area (Å²) in [5.74, 6) is 3.96. The Morgan fingerprint density at radius 2 is 1.34 bits per heavy atom. The van der Waals surface area contributed by atoms with E-state index in [9.17, 15) is 0 Å². The van der Waals surface area contributed by atoms with E-state index in [-0.39, 0.29) is 0 Å². The zero-order valence-corrected chi connectivity index (χ0v) is 27.3. The number of hydrogen-bond acceptors (Lipinski definition) is 5. The SMILES string of the molecule is CCNCC(C)[CH2][SnH]([CH2]C)[S]CC.CCOc1ccc(NC(=S)Nc2ccc(OCC)cc2)cc1. The fraction of sp³-hybridized carbons (Fsp3) is 0.519. The van der Waals surface area contributed by atoms with Crippen molar-refractivity contribution >= 4 is 56.0 Å². The van der Waals surface area contributed by atoms with Crippen molar-refractivity contribution < 1.29 is 9.47 Å². The Kier molecular flexibility index (Phi) is 18.2. The van der Waals surface area contributed by atoms with Gasteiger partial charge in [-0.05, 0) is 74.6 Å². The predicted octanol–water partition coefficient (Wildman–Crippen LogP) is 7.02. The minimum atomic E-state index is -1.11. The van der Waals surface area contributed by atoms with Crippen molar-refractivity contribution in [3.63, 3.8) is 0 Å². The largest absolute Gasteiger partial charge is 0.494 e. The Morgan fingerprint density at radius 1 is 0.857 bits per heavy atom. The van der Waals surface area contributed by atoms with Crippen molar-refractivity contribution in [2.24, 2.45) is 5.92 Å². The Bertz CT molecular complexity index is 754. The normalized spacial score (nSPS) is 12.1. The predicted molar refractivity (Wildman–Crippen MR) is 163 cm³/mol. The first-order chi connectivity index (χ1) is 16.9. The van der Waals surface area contributed by atoms with Gasteiger partial charge in [0, 0.05) is 11.4 Å². The van der Waals surface area contributed by atoms with Crippen LogP contribution in [0.2, 0.25) is 8.87 Å². The molecule has 3 N–H and O–H groups in total.